The fourth-order valence-electron chi connectivity index (χ4n) is 1.91. The number of aliphatic hydroxyl groups excluding tert-OH is 1. The molecular formula is C16H21N5O4. The van der Waals surface area contributed by atoms with Gasteiger partial charge >= 0.3 is 0 Å². The number of ether oxygens (including phenoxy) is 1. The maximum absolute atomic E-state index is 11.8. The van der Waals surface area contributed by atoms with Gasteiger partial charge in [-0.25, -0.2) is 4.98 Å². The zero-order chi connectivity index (χ0) is 18.1. The van der Waals surface area contributed by atoms with Gasteiger partial charge in [0.25, 0.3) is 5.91 Å². The number of benzene rings is 1. The van der Waals surface area contributed by atoms with E-state index < -0.39 is 12.1 Å². The van der Waals surface area contributed by atoms with Gasteiger partial charge in [-0.05, 0) is 12.1 Å². The third kappa shape index (κ3) is 5.90. The number of carbonyl (C=O) groups is 2. The Hall–Kier alpha value is -2.91. The molecule has 0 aliphatic heterocycles. The molecule has 9 nitrogen and oxygen atoms in total. The van der Waals surface area contributed by atoms with Crippen molar-refractivity contribution in [3.63, 3.8) is 0 Å². The number of aromatic amines is 1. The Balaban J connectivity index is 1.74. The molecule has 2 amide bonds. The van der Waals surface area contributed by atoms with Crippen molar-refractivity contribution in [1.29, 1.82) is 0 Å². The number of H-pyrrole nitrogens is 1. The number of rotatable bonds is 9. The van der Waals surface area contributed by atoms with Crippen LogP contribution in [0.1, 0.15) is 22.5 Å². The van der Waals surface area contributed by atoms with E-state index in [0.717, 1.165) is 5.75 Å². The first-order valence-electron chi connectivity index (χ1n) is 7.73. The molecule has 0 saturated heterocycles. The summed E-state index contributed by atoms with van der Waals surface area (Å²) in [6, 6.07) is 9.32. The molecule has 1 aromatic heterocycles. The number of amides is 2. The lowest BCUT2D eigenvalue weighted by Gasteiger charge is -2.11. The minimum absolute atomic E-state index is 0.138. The second-order valence-electron chi connectivity index (χ2n) is 5.06. The third-order valence-electron chi connectivity index (χ3n) is 3.24. The van der Waals surface area contributed by atoms with E-state index in [0.29, 0.717) is 13.2 Å². The van der Waals surface area contributed by atoms with Crippen LogP contribution in [0.2, 0.25) is 0 Å². The van der Waals surface area contributed by atoms with Gasteiger partial charge in [-0.2, -0.15) is 0 Å². The normalized spacial score (nSPS) is 11.6. The zero-order valence-corrected chi connectivity index (χ0v) is 13.8. The molecule has 0 spiro atoms. The molecule has 1 unspecified atom stereocenters. The molecule has 0 aliphatic rings. The second kappa shape index (κ2) is 9.40. The maximum atomic E-state index is 11.8. The summed E-state index contributed by atoms with van der Waals surface area (Å²) in [7, 11) is 1.48. The monoisotopic (exact) mass is 347 g/mol. The van der Waals surface area contributed by atoms with Crippen LogP contribution in [0.15, 0.2) is 36.5 Å². The molecule has 9 heteroatoms. The Morgan fingerprint density at radius 1 is 1.32 bits per heavy atom. The van der Waals surface area contributed by atoms with Gasteiger partial charge in [0.1, 0.15) is 18.1 Å². The number of imidazole rings is 1. The molecule has 0 radical (unpaired) electrons. The molecule has 1 aromatic carbocycles. The number of nitrogens with zero attached hydrogens (tertiary/aromatic N) is 1. The number of aromatic nitrogens is 2. The standard InChI is InChI=1S/C16H21N5O4/c1-17-13(22)10-20-15(23)12-9-19-14(21-12)16(24)18-7-8-25-11-5-3-2-4-6-11/h2-6,9,16,18,24H,7-8,10H2,1H3,(H,17,22)(H,19,21)(H,20,23). The third-order valence-corrected chi connectivity index (χ3v) is 3.24. The quantitative estimate of drug-likeness (QED) is 0.309. The molecule has 25 heavy (non-hydrogen) atoms. The van der Waals surface area contributed by atoms with Crippen molar-refractivity contribution in [2.24, 2.45) is 0 Å². The molecule has 0 saturated carbocycles. The van der Waals surface area contributed by atoms with Crippen molar-refractivity contribution in [2.45, 2.75) is 6.23 Å². The van der Waals surface area contributed by atoms with Gasteiger partial charge in [0.15, 0.2) is 12.1 Å². The largest absolute Gasteiger partial charge is 0.492 e. The van der Waals surface area contributed by atoms with E-state index in [1.807, 2.05) is 30.3 Å². The van der Waals surface area contributed by atoms with Crippen LogP contribution >= 0.6 is 0 Å². The highest BCUT2D eigenvalue weighted by Crippen LogP contribution is 2.08. The van der Waals surface area contributed by atoms with Crippen LogP contribution in [0, 0.1) is 0 Å². The molecule has 0 fully saturated rings. The minimum Gasteiger partial charge on any atom is -0.492 e. The lowest BCUT2D eigenvalue weighted by molar-refractivity contribution is -0.119. The minimum atomic E-state index is -1.07. The highest BCUT2D eigenvalue weighted by Gasteiger charge is 2.15. The van der Waals surface area contributed by atoms with Gasteiger partial charge in [-0.15, -0.1) is 0 Å². The Morgan fingerprint density at radius 3 is 2.80 bits per heavy atom. The van der Waals surface area contributed by atoms with Gasteiger partial charge in [0.05, 0.1) is 12.7 Å². The van der Waals surface area contributed by atoms with Gasteiger partial charge in [0, 0.05) is 13.6 Å². The number of nitrogens with one attached hydrogen (secondary N) is 4. The van der Waals surface area contributed by atoms with Crippen LogP contribution in [-0.2, 0) is 4.79 Å². The predicted molar refractivity (Wildman–Crippen MR) is 89.9 cm³/mol. The van der Waals surface area contributed by atoms with Gasteiger partial charge in [0.2, 0.25) is 5.91 Å². The molecular weight excluding hydrogens is 326 g/mol. The van der Waals surface area contributed by atoms with E-state index in [4.69, 9.17) is 4.74 Å². The summed E-state index contributed by atoms with van der Waals surface area (Å²) in [5, 5.41) is 17.7. The van der Waals surface area contributed by atoms with Crippen LogP contribution in [0.4, 0.5) is 0 Å². The summed E-state index contributed by atoms with van der Waals surface area (Å²) in [5.74, 6) is 0.145. The topological polar surface area (TPSA) is 128 Å². The molecule has 1 heterocycles. The lowest BCUT2D eigenvalue weighted by Crippen LogP contribution is -2.35. The van der Waals surface area contributed by atoms with Crippen molar-refractivity contribution in [1.82, 2.24) is 25.9 Å². The van der Waals surface area contributed by atoms with Crippen molar-refractivity contribution in [3.8, 4) is 5.75 Å². The molecule has 1 atom stereocenters. The summed E-state index contributed by atoms with van der Waals surface area (Å²) in [6.45, 7) is 0.609. The second-order valence-corrected chi connectivity index (χ2v) is 5.06. The number of hydrogen-bond acceptors (Lipinski definition) is 6. The van der Waals surface area contributed by atoms with Crippen molar-refractivity contribution in [3.05, 3.63) is 48.0 Å². The fraction of sp³-hybridized carbons (Fsp3) is 0.312. The van der Waals surface area contributed by atoms with E-state index in [1.165, 1.54) is 13.2 Å². The van der Waals surface area contributed by atoms with E-state index in [-0.39, 0.29) is 24.0 Å². The van der Waals surface area contributed by atoms with Crippen molar-refractivity contribution in [2.75, 3.05) is 26.7 Å². The van der Waals surface area contributed by atoms with Crippen molar-refractivity contribution >= 4 is 11.8 Å². The van der Waals surface area contributed by atoms with Crippen molar-refractivity contribution < 1.29 is 19.4 Å². The number of hydrogen-bond donors (Lipinski definition) is 5. The first-order chi connectivity index (χ1) is 12.1. The molecule has 5 N–H and O–H groups in total. The fourth-order valence-corrected chi connectivity index (χ4v) is 1.91. The van der Waals surface area contributed by atoms with E-state index >= 15 is 0 Å². The zero-order valence-electron chi connectivity index (χ0n) is 13.8. The number of aliphatic hydroxyl groups is 1. The highest BCUT2D eigenvalue weighted by atomic mass is 16.5. The Bertz CT molecular complexity index is 689. The molecule has 2 rings (SSSR count). The summed E-state index contributed by atoms with van der Waals surface area (Å²) in [6.07, 6.45) is 0.222. The Morgan fingerprint density at radius 2 is 2.08 bits per heavy atom. The van der Waals surface area contributed by atoms with Gasteiger partial charge in [-0.3, -0.25) is 14.9 Å². The lowest BCUT2D eigenvalue weighted by atomic mass is 10.3. The van der Waals surface area contributed by atoms with Crippen LogP contribution < -0.4 is 20.7 Å². The van der Waals surface area contributed by atoms with Gasteiger partial charge < -0.3 is 25.5 Å². The summed E-state index contributed by atoms with van der Waals surface area (Å²) >= 11 is 0. The van der Waals surface area contributed by atoms with Crippen LogP contribution in [0.25, 0.3) is 0 Å². The highest BCUT2D eigenvalue weighted by molar-refractivity contribution is 5.94. The van der Waals surface area contributed by atoms with Crippen LogP contribution in [-0.4, -0.2) is 53.6 Å². The first kappa shape index (κ1) is 18.4. The summed E-state index contributed by atoms with van der Waals surface area (Å²) in [4.78, 5) is 29.6. The first-order valence-corrected chi connectivity index (χ1v) is 7.73. The predicted octanol–water partition coefficient (Wildman–Crippen LogP) is -0.455. The maximum Gasteiger partial charge on any atom is 0.269 e. The summed E-state index contributed by atoms with van der Waals surface area (Å²) < 4.78 is 5.49. The van der Waals surface area contributed by atoms with Gasteiger partial charge in [-0.1, -0.05) is 18.2 Å². The SMILES string of the molecule is CNC(=O)CNC(=O)c1cnc(C(O)NCCOc2ccccc2)[nH]1. The average molecular weight is 347 g/mol. The molecule has 2 aromatic rings. The van der Waals surface area contributed by atoms with E-state index in [9.17, 15) is 14.7 Å². The average Bonchev–Trinajstić information content (AvgIpc) is 3.14. The Labute approximate surface area is 144 Å². The van der Waals surface area contributed by atoms with Crippen LogP contribution in [0.3, 0.4) is 0 Å². The van der Waals surface area contributed by atoms with E-state index in [2.05, 4.69) is 25.9 Å². The Kier molecular flexibility index (Phi) is 6.93. The molecule has 0 bridgehead atoms. The smallest absolute Gasteiger partial charge is 0.269 e. The summed E-state index contributed by atoms with van der Waals surface area (Å²) in [5.41, 5.74) is 0.153. The van der Waals surface area contributed by atoms with Crippen LogP contribution in [0.5, 0.6) is 5.75 Å². The number of para-hydroxylation sites is 1. The molecule has 134 valence electrons. The molecule has 0 aliphatic carbocycles. The van der Waals surface area contributed by atoms with E-state index in [1.54, 1.807) is 0 Å². The number of carbonyl (C=O) groups excluding carboxylic acids is 2. The number of likely N-dealkylation sites (N-methyl/N-ethyl adjacent to an activating group) is 1.